The highest BCUT2D eigenvalue weighted by atomic mass is 16.3. The van der Waals surface area contributed by atoms with Gasteiger partial charge in [0, 0.05) is 0 Å². The molecule has 98 valence electrons. The first-order chi connectivity index (χ1) is 7.52. The Kier molecular flexibility index (Phi) is 8.84. The Morgan fingerprint density at radius 3 is 1.56 bits per heavy atom. The van der Waals surface area contributed by atoms with Crippen LogP contribution < -0.4 is 0 Å². The highest BCUT2D eigenvalue weighted by Gasteiger charge is 2.17. The highest BCUT2D eigenvalue weighted by Crippen LogP contribution is 2.12. The summed E-state index contributed by atoms with van der Waals surface area (Å²) in [6.45, 7) is 3.77. The van der Waals surface area contributed by atoms with Crippen molar-refractivity contribution in [3.63, 3.8) is 0 Å². The summed E-state index contributed by atoms with van der Waals surface area (Å²) >= 11 is 0. The fourth-order valence-corrected chi connectivity index (χ4v) is 1.68. The fourth-order valence-electron chi connectivity index (χ4n) is 1.68. The molecule has 4 nitrogen and oxygen atoms in total. The van der Waals surface area contributed by atoms with E-state index in [1.54, 1.807) is 0 Å². The van der Waals surface area contributed by atoms with Crippen LogP contribution in [0.2, 0.25) is 0 Å². The average molecular weight is 234 g/mol. The molecule has 0 aromatic carbocycles. The van der Waals surface area contributed by atoms with Crippen molar-refractivity contribution >= 4 is 0 Å². The molecule has 0 spiro atoms. The van der Waals surface area contributed by atoms with Gasteiger partial charge in [-0.25, -0.2) is 0 Å². The van der Waals surface area contributed by atoms with Crippen molar-refractivity contribution in [1.82, 2.24) is 0 Å². The van der Waals surface area contributed by atoms with E-state index in [1.807, 2.05) is 13.8 Å². The standard InChI is InChI=1S/C12H26O4/c1-3-6-10(14)12(16)8-5-7-11(15)9(13)4-2/h9-16H,3-8H2,1-2H3. The van der Waals surface area contributed by atoms with Crippen LogP contribution in [0.4, 0.5) is 0 Å². The second-order valence-corrected chi connectivity index (χ2v) is 4.40. The molecule has 0 fully saturated rings. The maximum Gasteiger partial charge on any atom is 0.0799 e. The second kappa shape index (κ2) is 8.93. The summed E-state index contributed by atoms with van der Waals surface area (Å²) in [7, 11) is 0. The van der Waals surface area contributed by atoms with Crippen LogP contribution in [-0.2, 0) is 0 Å². The van der Waals surface area contributed by atoms with Crippen molar-refractivity contribution in [1.29, 1.82) is 0 Å². The molecule has 0 heterocycles. The quantitative estimate of drug-likeness (QED) is 0.476. The molecule has 0 aliphatic rings. The molecular weight excluding hydrogens is 208 g/mol. The predicted molar refractivity (Wildman–Crippen MR) is 63.1 cm³/mol. The maximum absolute atomic E-state index is 9.56. The number of rotatable bonds is 9. The van der Waals surface area contributed by atoms with Crippen LogP contribution >= 0.6 is 0 Å². The van der Waals surface area contributed by atoms with E-state index in [0.29, 0.717) is 32.1 Å². The summed E-state index contributed by atoms with van der Waals surface area (Å²) in [6, 6.07) is 0. The smallest absolute Gasteiger partial charge is 0.0799 e. The van der Waals surface area contributed by atoms with Crippen molar-refractivity contribution in [3.05, 3.63) is 0 Å². The molecule has 0 aromatic rings. The van der Waals surface area contributed by atoms with Crippen LogP contribution in [-0.4, -0.2) is 44.8 Å². The fraction of sp³-hybridized carbons (Fsp3) is 1.00. The second-order valence-electron chi connectivity index (χ2n) is 4.40. The van der Waals surface area contributed by atoms with Crippen LogP contribution in [0.5, 0.6) is 0 Å². The van der Waals surface area contributed by atoms with Crippen LogP contribution in [0.1, 0.15) is 52.4 Å². The molecular formula is C12H26O4. The third kappa shape index (κ3) is 6.43. The molecule has 0 amide bonds. The zero-order chi connectivity index (χ0) is 12.6. The van der Waals surface area contributed by atoms with Gasteiger partial charge in [-0.1, -0.05) is 20.3 Å². The van der Waals surface area contributed by atoms with Crippen LogP contribution in [0.3, 0.4) is 0 Å². The molecule has 4 N–H and O–H groups in total. The molecule has 4 atom stereocenters. The molecule has 16 heavy (non-hydrogen) atoms. The lowest BCUT2D eigenvalue weighted by atomic mass is 10.00. The molecule has 0 aliphatic carbocycles. The molecule has 4 unspecified atom stereocenters. The summed E-state index contributed by atoms with van der Waals surface area (Å²) < 4.78 is 0. The van der Waals surface area contributed by atoms with Crippen LogP contribution in [0.15, 0.2) is 0 Å². The molecule has 0 bridgehead atoms. The van der Waals surface area contributed by atoms with Gasteiger partial charge >= 0.3 is 0 Å². The van der Waals surface area contributed by atoms with Gasteiger partial charge in [-0.2, -0.15) is 0 Å². The zero-order valence-electron chi connectivity index (χ0n) is 10.3. The van der Waals surface area contributed by atoms with Gasteiger partial charge in [0.05, 0.1) is 24.4 Å². The Balaban J connectivity index is 3.64. The zero-order valence-corrected chi connectivity index (χ0v) is 10.3. The van der Waals surface area contributed by atoms with E-state index in [-0.39, 0.29) is 0 Å². The molecule has 0 radical (unpaired) electrons. The van der Waals surface area contributed by atoms with E-state index >= 15 is 0 Å². The molecule has 0 rings (SSSR count). The molecule has 0 saturated heterocycles. The summed E-state index contributed by atoms with van der Waals surface area (Å²) in [5.41, 5.74) is 0. The Labute approximate surface area is 97.9 Å². The Hall–Kier alpha value is -0.160. The Morgan fingerprint density at radius 2 is 1.12 bits per heavy atom. The summed E-state index contributed by atoms with van der Waals surface area (Å²) in [4.78, 5) is 0. The summed E-state index contributed by atoms with van der Waals surface area (Å²) in [5, 5.41) is 37.8. The van der Waals surface area contributed by atoms with Crippen molar-refractivity contribution < 1.29 is 20.4 Å². The first kappa shape index (κ1) is 15.8. The summed E-state index contributed by atoms with van der Waals surface area (Å²) in [5.74, 6) is 0. The van der Waals surface area contributed by atoms with Gasteiger partial charge in [0.15, 0.2) is 0 Å². The van der Waals surface area contributed by atoms with E-state index in [0.717, 1.165) is 6.42 Å². The lowest BCUT2D eigenvalue weighted by molar-refractivity contribution is -0.00633. The molecule has 0 aliphatic heterocycles. The predicted octanol–water partition coefficient (Wildman–Crippen LogP) is 0.810. The topological polar surface area (TPSA) is 80.9 Å². The largest absolute Gasteiger partial charge is 0.390 e. The highest BCUT2D eigenvalue weighted by molar-refractivity contribution is 4.70. The van der Waals surface area contributed by atoms with E-state index in [4.69, 9.17) is 0 Å². The third-order valence-electron chi connectivity index (χ3n) is 2.89. The minimum absolute atomic E-state index is 0.463. The first-order valence-corrected chi connectivity index (χ1v) is 6.25. The van der Waals surface area contributed by atoms with Gasteiger partial charge in [0.25, 0.3) is 0 Å². The van der Waals surface area contributed by atoms with E-state index in [9.17, 15) is 20.4 Å². The van der Waals surface area contributed by atoms with Gasteiger partial charge in [-0.3, -0.25) is 0 Å². The molecule has 0 aromatic heterocycles. The minimum atomic E-state index is -0.722. The van der Waals surface area contributed by atoms with Crippen molar-refractivity contribution in [2.75, 3.05) is 0 Å². The van der Waals surface area contributed by atoms with Crippen LogP contribution in [0, 0.1) is 0 Å². The van der Waals surface area contributed by atoms with Crippen molar-refractivity contribution in [3.8, 4) is 0 Å². The van der Waals surface area contributed by atoms with Gasteiger partial charge in [0.2, 0.25) is 0 Å². The number of aliphatic hydroxyl groups is 4. The first-order valence-electron chi connectivity index (χ1n) is 6.25. The van der Waals surface area contributed by atoms with Gasteiger partial charge in [0.1, 0.15) is 0 Å². The maximum atomic E-state index is 9.56. The number of hydrogen-bond donors (Lipinski definition) is 4. The van der Waals surface area contributed by atoms with Crippen molar-refractivity contribution in [2.24, 2.45) is 0 Å². The third-order valence-corrected chi connectivity index (χ3v) is 2.89. The van der Waals surface area contributed by atoms with Gasteiger partial charge in [-0.05, 0) is 32.1 Å². The number of hydrogen-bond acceptors (Lipinski definition) is 4. The van der Waals surface area contributed by atoms with Gasteiger partial charge in [-0.15, -0.1) is 0 Å². The number of aliphatic hydroxyl groups excluding tert-OH is 4. The van der Waals surface area contributed by atoms with Crippen LogP contribution in [0.25, 0.3) is 0 Å². The van der Waals surface area contributed by atoms with E-state index < -0.39 is 24.4 Å². The minimum Gasteiger partial charge on any atom is -0.390 e. The van der Waals surface area contributed by atoms with E-state index in [2.05, 4.69) is 0 Å². The Morgan fingerprint density at radius 1 is 0.688 bits per heavy atom. The van der Waals surface area contributed by atoms with Gasteiger partial charge < -0.3 is 20.4 Å². The Bertz CT molecular complexity index is 163. The SMILES string of the molecule is CCCC(O)C(O)CCCC(O)C(O)CC. The average Bonchev–Trinajstić information content (AvgIpc) is 2.27. The van der Waals surface area contributed by atoms with Crippen molar-refractivity contribution in [2.45, 2.75) is 76.8 Å². The van der Waals surface area contributed by atoms with E-state index in [1.165, 1.54) is 0 Å². The molecule has 0 saturated carbocycles. The lowest BCUT2D eigenvalue weighted by Gasteiger charge is -2.19. The summed E-state index contributed by atoms with van der Waals surface area (Å²) in [6.07, 6.45) is 0.723. The molecule has 4 heteroatoms. The lowest BCUT2D eigenvalue weighted by Crippen LogP contribution is -2.28. The monoisotopic (exact) mass is 234 g/mol. The normalized spacial score (nSPS) is 19.1.